The molecule has 0 saturated carbocycles. The van der Waals surface area contributed by atoms with Crippen LogP contribution < -0.4 is 11.2 Å². The summed E-state index contributed by atoms with van der Waals surface area (Å²) >= 11 is 1.76. The van der Waals surface area contributed by atoms with Gasteiger partial charge in [-0.05, 0) is 95.3 Å². The monoisotopic (exact) mass is 656 g/mol. The molecule has 2 bridgehead atoms. The van der Waals surface area contributed by atoms with Crippen LogP contribution in [0, 0.1) is 19.8 Å². The van der Waals surface area contributed by atoms with E-state index < -0.39 is 5.41 Å². The van der Waals surface area contributed by atoms with E-state index in [-0.39, 0.29) is 17.3 Å². The highest BCUT2D eigenvalue weighted by atomic mass is 32.1. The van der Waals surface area contributed by atoms with Gasteiger partial charge >= 0.3 is 5.69 Å². The number of Topliss-reactive ketones (excluding diaryl/α,β-unsaturated/α-hetero) is 1. The quantitative estimate of drug-likeness (QED) is 0.291. The smallest absolute Gasteiger partial charge is 0.330 e. The van der Waals surface area contributed by atoms with Crippen molar-refractivity contribution in [1.29, 1.82) is 0 Å². The molecule has 3 aliphatic rings. The first kappa shape index (κ1) is 32.2. The van der Waals surface area contributed by atoms with Crippen LogP contribution in [0.3, 0.4) is 0 Å². The van der Waals surface area contributed by atoms with Crippen LogP contribution in [0.25, 0.3) is 21.5 Å². The standard InChI is InChI=1S/C37H48N6O3S/c1-23-17-24(2)19-26(18-23)32-28(9-10-41-13-15-42(16-14-41)22-27-20-31(44)40(6)36(46)39(27)5)29-21-30(47-35(29)38-32)37(3,4)34(45)33-25-7-11-43(33)12-8-25/h17-21,25,33,38H,7-16,22H2,1-6H3. The van der Waals surface area contributed by atoms with E-state index in [1.807, 2.05) is 0 Å². The van der Waals surface area contributed by atoms with Crippen molar-refractivity contribution in [2.75, 3.05) is 45.8 Å². The summed E-state index contributed by atoms with van der Waals surface area (Å²) in [4.78, 5) is 52.1. The van der Waals surface area contributed by atoms with Crippen molar-refractivity contribution >= 4 is 27.3 Å². The van der Waals surface area contributed by atoms with Gasteiger partial charge in [0.1, 0.15) is 4.83 Å². The number of carbonyl (C=O) groups excluding carboxylic acids is 1. The number of thiophene rings is 1. The highest BCUT2D eigenvalue weighted by Gasteiger charge is 2.49. The Balaban J connectivity index is 1.11. The zero-order chi connectivity index (χ0) is 33.2. The minimum absolute atomic E-state index is 0.0755. The predicted molar refractivity (Wildman–Crippen MR) is 190 cm³/mol. The van der Waals surface area contributed by atoms with Crippen molar-refractivity contribution in [2.45, 2.75) is 65.0 Å². The van der Waals surface area contributed by atoms with Crippen LogP contribution in [0.5, 0.6) is 0 Å². The summed E-state index contributed by atoms with van der Waals surface area (Å²) in [5, 5.41) is 1.25. The summed E-state index contributed by atoms with van der Waals surface area (Å²) in [6.07, 6.45) is 3.22. The third kappa shape index (κ3) is 5.87. The average molecular weight is 657 g/mol. The molecule has 3 saturated heterocycles. The van der Waals surface area contributed by atoms with Gasteiger partial charge in [-0.3, -0.25) is 28.5 Å². The Hall–Kier alpha value is -3.31. The summed E-state index contributed by atoms with van der Waals surface area (Å²) < 4.78 is 2.73. The molecule has 6 heterocycles. The van der Waals surface area contributed by atoms with Crippen molar-refractivity contribution in [1.82, 2.24) is 28.8 Å². The highest BCUT2D eigenvalue weighted by molar-refractivity contribution is 7.19. The normalized spacial score (nSPS) is 22.1. The molecule has 1 atom stereocenters. The van der Waals surface area contributed by atoms with E-state index in [9.17, 15) is 14.4 Å². The molecule has 0 radical (unpaired) electrons. The summed E-state index contributed by atoms with van der Waals surface area (Å²) in [5.41, 5.74) is 5.94. The van der Waals surface area contributed by atoms with Gasteiger partial charge < -0.3 is 9.88 Å². The van der Waals surface area contributed by atoms with Gasteiger partial charge in [0.25, 0.3) is 5.56 Å². The maximum absolute atomic E-state index is 14.0. The van der Waals surface area contributed by atoms with Crippen LogP contribution >= 0.6 is 11.3 Å². The lowest BCUT2D eigenvalue weighted by molar-refractivity contribution is -0.127. The van der Waals surface area contributed by atoms with Gasteiger partial charge in [-0.2, -0.15) is 0 Å². The average Bonchev–Trinajstić information content (AvgIpc) is 3.82. The summed E-state index contributed by atoms with van der Waals surface area (Å²) in [6.45, 7) is 15.9. The molecule has 1 N–H and O–H groups in total. The molecular formula is C37H48N6O3S. The van der Waals surface area contributed by atoms with Crippen LogP contribution in [0.4, 0.5) is 0 Å². The Kier molecular flexibility index (Phi) is 8.43. The van der Waals surface area contributed by atoms with E-state index in [4.69, 9.17) is 0 Å². The first-order valence-corrected chi connectivity index (χ1v) is 17.9. The number of benzene rings is 1. The maximum atomic E-state index is 14.0. The van der Waals surface area contributed by atoms with Gasteiger partial charge in [0.05, 0.1) is 17.2 Å². The number of nitrogens with one attached hydrogen (secondary N) is 1. The molecule has 3 aromatic heterocycles. The second kappa shape index (κ2) is 12.3. The number of ketones is 1. The molecule has 0 amide bonds. The lowest BCUT2D eigenvalue weighted by atomic mass is 9.79. The Morgan fingerprint density at radius 3 is 2.19 bits per heavy atom. The molecule has 47 heavy (non-hydrogen) atoms. The Bertz CT molecular complexity index is 1920. The number of nitrogens with zero attached hydrogens (tertiary/aromatic N) is 5. The number of piperazine rings is 1. The van der Waals surface area contributed by atoms with Crippen molar-refractivity contribution in [3.63, 3.8) is 0 Å². The van der Waals surface area contributed by atoms with Gasteiger partial charge in [-0.15, -0.1) is 11.3 Å². The lowest BCUT2D eigenvalue weighted by Gasteiger charge is -2.35. The van der Waals surface area contributed by atoms with Crippen molar-refractivity contribution in [3.8, 4) is 11.3 Å². The Morgan fingerprint density at radius 1 is 0.894 bits per heavy atom. The number of aromatic amines is 1. The zero-order valence-corrected chi connectivity index (χ0v) is 29.5. The Morgan fingerprint density at radius 2 is 1.55 bits per heavy atom. The second-order valence-corrected chi connectivity index (χ2v) is 15.8. The molecule has 1 aromatic carbocycles. The van der Waals surface area contributed by atoms with E-state index in [0.29, 0.717) is 18.2 Å². The fraction of sp³-hybridized carbons (Fsp3) is 0.541. The molecule has 3 fully saturated rings. The van der Waals surface area contributed by atoms with E-state index >= 15 is 0 Å². The number of carbonyl (C=O) groups is 1. The predicted octanol–water partition coefficient (Wildman–Crippen LogP) is 4.21. The first-order chi connectivity index (χ1) is 22.4. The number of fused-ring (bicyclic) bond motifs is 3. The molecule has 3 aliphatic heterocycles. The van der Waals surface area contributed by atoms with Crippen LogP contribution in [-0.2, 0) is 37.3 Å². The fourth-order valence-electron chi connectivity index (χ4n) is 8.25. The molecule has 7 rings (SSSR count). The number of hydrogen-bond donors (Lipinski definition) is 1. The molecule has 9 nitrogen and oxygen atoms in total. The third-order valence-corrected chi connectivity index (χ3v) is 12.6. The number of H-pyrrole nitrogens is 1. The summed E-state index contributed by atoms with van der Waals surface area (Å²) in [5.74, 6) is 0.900. The Labute approximate surface area is 280 Å². The topological polar surface area (TPSA) is 86.6 Å². The first-order valence-electron chi connectivity index (χ1n) is 17.1. The number of hydrogen-bond acceptors (Lipinski definition) is 7. The van der Waals surface area contributed by atoms with Crippen LogP contribution in [0.15, 0.2) is 39.9 Å². The maximum Gasteiger partial charge on any atom is 0.330 e. The number of piperidine rings is 1. The fourth-order valence-corrected chi connectivity index (χ4v) is 9.44. The largest absolute Gasteiger partial charge is 0.346 e. The molecule has 0 aliphatic carbocycles. The van der Waals surface area contributed by atoms with Crippen molar-refractivity contribution in [3.05, 3.63) is 78.4 Å². The highest BCUT2D eigenvalue weighted by Crippen LogP contribution is 2.44. The minimum Gasteiger partial charge on any atom is -0.346 e. The number of aromatic nitrogens is 3. The third-order valence-electron chi connectivity index (χ3n) is 11.2. The van der Waals surface area contributed by atoms with Crippen LogP contribution in [-0.4, -0.2) is 86.5 Å². The van der Waals surface area contributed by atoms with Crippen molar-refractivity contribution in [2.24, 2.45) is 20.0 Å². The SMILES string of the molecule is Cc1cc(C)cc(-c2[nH]c3sc(C(C)(C)C(=O)C4C5CCN4CC5)cc3c2CCN2CCN(Cc3cc(=O)n(C)c(=O)n3C)CC2)c1. The van der Waals surface area contributed by atoms with Crippen LogP contribution in [0.1, 0.15) is 54.0 Å². The van der Waals surface area contributed by atoms with Gasteiger partial charge in [0.2, 0.25) is 0 Å². The number of aryl methyl sites for hydroxylation is 2. The summed E-state index contributed by atoms with van der Waals surface area (Å²) in [7, 11) is 3.26. The van der Waals surface area contributed by atoms with E-state index in [0.717, 1.165) is 85.0 Å². The van der Waals surface area contributed by atoms with E-state index in [1.54, 1.807) is 29.0 Å². The molecule has 1 unspecified atom stereocenters. The number of rotatable bonds is 9. The van der Waals surface area contributed by atoms with E-state index in [2.05, 4.69) is 71.6 Å². The molecule has 10 heteroatoms. The second-order valence-electron chi connectivity index (χ2n) is 14.8. The minimum atomic E-state index is -0.527. The van der Waals surface area contributed by atoms with Crippen LogP contribution in [0.2, 0.25) is 0 Å². The lowest BCUT2D eigenvalue weighted by Crippen LogP contribution is -2.47. The molecular weight excluding hydrogens is 609 g/mol. The van der Waals surface area contributed by atoms with Gasteiger partial charge in [0.15, 0.2) is 5.78 Å². The van der Waals surface area contributed by atoms with Crippen molar-refractivity contribution < 1.29 is 4.79 Å². The summed E-state index contributed by atoms with van der Waals surface area (Å²) in [6, 6.07) is 10.7. The molecule has 0 spiro atoms. The van der Waals surface area contributed by atoms with Gasteiger partial charge in [0, 0.05) is 75.4 Å². The zero-order valence-electron chi connectivity index (χ0n) is 28.7. The molecule has 4 aromatic rings. The van der Waals surface area contributed by atoms with E-state index in [1.165, 1.54) is 40.4 Å². The van der Waals surface area contributed by atoms with Gasteiger partial charge in [-0.25, -0.2) is 4.79 Å². The van der Waals surface area contributed by atoms with Gasteiger partial charge in [-0.1, -0.05) is 17.2 Å². The molecule has 250 valence electrons.